The van der Waals surface area contributed by atoms with Crippen molar-refractivity contribution >= 4 is 11.6 Å². The van der Waals surface area contributed by atoms with Crippen LogP contribution in [0.25, 0.3) is 0 Å². The molecule has 0 saturated carbocycles. The molecule has 0 fully saturated rings. The van der Waals surface area contributed by atoms with E-state index in [1.165, 1.54) is 0 Å². The van der Waals surface area contributed by atoms with E-state index in [2.05, 4.69) is 34.5 Å². The lowest BCUT2D eigenvalue weighted by atomic mass is 10.1. The number of hydrogen-bond acceptors (Lipinski definition) is 4. The van der Waals surface area contributed by atoms with Crippen LogP contribution < -0.4 is 5.32 Å². The third kappa shape index (κ3) is 3.11. The fraction of sp³-hybridized carbons (Fsp3) is 0.462. The first-order chi connectivity index (χ1) is 9.27. The van der Waals surface area contributed by atoms with Crippen molar-refractivity contribution in [3.8, 4) is 0 Å². The SMILES string of the molecule is CCCn1nncc1C(NCC)c1ccncc1Cl. The van der Waals surface area contributed by atoms with E-state index in [1.54, 1.807) is 18.6 Å². The lowest BCUT2D eigenvalue weighted by Gasteiger charge is -2.19. The maximum absolute atomic E-state index is 6.25. The molecular formula is C13H18ClN5. The molecule has 6 heteroatoms. The normalized spacial score (nSPS) is 12.6. The second-order valence-electron chi connectivity index (χ2n) is 4.27. The second-order valence-corrected chi connectivity index (χ2v) is 4.68. The first-order valence-corrected chi connectivity index (χ1v) is 6.86. The van der Waals surface area contributed by atoms with Crippen LogP contribution in [0.1, 0.15) is 37.6 Å². The van der Waals surface area contributed by atoms with Gasteiger partial charge in [0.2, 0.25) is 0 Å². The molecule has 0 saturated heterocycles. The summed E-state index contributed by atoms with van der Waals surface area (Å²) in [6, 6.07) is 1.92. The number of aromatic nitrogens is 4. The fourth-order valence-electron chi connectivity index (χ4n) is 2.07. The zero-order valence-corrected chi connectivity index (χ0v) is 11.9. The van der Waals surface area contributed by atoms with Crippen molar-refractivity contribution in [2.45, 2.75) is 32.9 Å². The molecule has 0 bridgehead atoms. The number of hydrogen-bond donors (Lipinski definition) is 1. The highest BCUT2D eigenvalue weighted by Crippen LogP contribution is 2.27. The summed E-state index contributed by atoms with van der Waals surface area (Å²) in [5, 5.41) is 12.2. The fourth-order valence-corrected chi connectivity index (χ4v) is 2.30. The number of rotatable bonds is 6. The van der Waals surface area contributed by atoms with Crippen LogP contribution in [0.3, 0.4) is 0 Å². The summed E-state index contributed by atoms with van der Waals surface area (Å²) < 4.78 is 1.92. The molecule has 0 aliphatic rings. The Morgan fingerprint density at radius 2 is 2.21 bits per heavy atom. The van der Waals surface area contributed by atoms with Gasteiger partial charge < -0.3 is 5.32 Å². The summed E-state index contributed by atoms with van der Waals surface area (Å²) >= 11 is 6.25. The molecule has 0 radical (unpaired) electrons. The quantitative estimate of drug-likeness (QED) is 0.882. The van der Waals surface area contributed by atoms with Gasteiger partial charge in [0.05, 0.1) is 23.0 Å². The van der Waals surface area contributed by atoms with Gasteiger partial charge in [0.1, 0.15) is 0 Å². The average Bonchev–Trinajstić information content (AvgIpc) is 2.86. The topological polar surface area (TPSA) is 55.6 Å². The lowest BCUT2D eigenvalue weighted by Crippen LogP contribution is -2.25. The number of nitrogens with one attached hydrogen (secondary N) is 1. The maximum Gasteiger partial charge on any atom is 0.0802 e. The van der Waals surface area contributed by atoms with Crippen molar-refractivity contribution in [3.63, 3.8) is 0 Å². The Balaban J connectivity index is 2.40. The summed E-state index contributed by atoms with van der Waals surface area (Å²) in [5.41, 5.74) is 2.02. The van der Waals surface area contributed by atoms with Crippen molar-refractivity contribution in [2.24, 2.45) is 0 Å². The van der Waals surface area contributed by atoms with Gasteiger partial charge in [0, 0.05) is 18.9 Å². The van der Waals surface area contributed by atoms with E-state index in [-0.39, 0.29) is 6.04 Å². The summed E-state index contributed by atoms with van der Waals surface area (Å²) in [6.45, 7) is 5.86. The zero-order chi connectivity index (χ0) is 13.7. The summed E-state index contributed by atoms with van der Waals surface area (Å²) in [6.07, 6.45) is 6.22. The number of halogens is 1. The molecule has 1 atom stereocenters. The molecule has 19 heavy (non-hydrogen) atoms. The monoisotopic (exact) mass is 279 g/mol. The van der Waals surface area contributed by atoms with Gasteiger partial charge in [-0.1, -0.05) is 30.7 Å². The van der Waals surface area contributed by atoms with Crippen LogP contribution in [0.4, 0.5) is 0 Å². The highest BCUT2D eigenvalue weighted by molar-refractivity contribution is 6.31. The Morgan fingerprint density at radius 1 is 1.37 bits per heavy atom. The van der Waals surface area contributed by atoms with E-state index in [4.69, 9.17) is 11.6 Å². The largest absolute Gasteiger partial charge is 0.305 e. The number of aryl methyl sites for hydroxylation is 1. The van der Waals surface area contributed by atoms with Crippen LogP contribution in [0, 0.1) is 0 Å². The smallest absolute Gasteiger partial charge is 0.0802 e. The van der Waals surface area contributed by atoms with Gasteiger partial charge in [0.25, 0.3) is 0 Å². The van der Waals surface area contributed by atoms with Gasteiger partial charge in [-0.3, -0.25) is 4.98 Å². The third-order valence-corrected chi connectivity index (χ3v) is 3.22. The minimum Gasteiger partial charge on any atom is -0.305 e. The molecular weight excluding hydrogens is 262 g/mol. The standard InChI is InChI=1S/C13H18ClN5/c1-3-7-19-12(9-17-18-19)13(16-4-2)10-5-6-15-8-11(10)14/h5-6,8-9,13,16H,3-4,7H2,1-2H3. The van der Waals surface area contributed by atoms with Crippen LogP contribution in [0.2, 0.25) is 5.02 Å². The van der Waals surface area contributed by atoms with E-state index in [1.807, 2.05) is 10.7 Å². The Bertz CT molecular complexity index is 525. The van der Waals surface area contributed by atoms with Crippen LogP contribution in [-0.4, -0.2) is 26.5 Å². The summed E-state index contributed by atoms with van der Waals surface area (Å²) in [7, 11) is 0. The molecule has 2 aromatic rings. The molecule has 5 nitrogen and oxygen atoms in total. The van der Waals surface area contributed by atoms with Crippen LogP contribution >= 0.6 is 11.6 Å². The Kier molecular flexibility index (Phi) is 4.87. The number of nitrogens with zero attached hydrogens (tertiary/aromatic N) is 4. The van der Waals surface area contributed by atoms with E-state index in [0.29, 0.717) is 5.02 Å². The Labute approximate surface area is 118 Å². The molecule has 0 aliphatic carbocycles. The molecule has 0 aliphatic heterocycles. The highest BCUT2D eigenvalue weighted by atomic mass is 35.5. The van der Waals surface area contributed by atoms with Crippen molar-refractivity contribution < 1.29 is 0 Å². The van der Waals surface area contributed by atoms with E-state index < -0.39 is 0 Å². The molecule has 2 aromatic heterocycles. The van der Waals surface area contributed by atoms with Crippen LogP contribution in [-0.2, 0) is 6.54 Å². The molecule has 1 N–H and O–H groups in total. The summed E-state index contributed by atoms with van der Waals surface area (Å²) in [4.78, 5) is 4.03. The molecule has 1 unspecified atom stereocenters. The maximum atomic E-state index is 6.25. The molecule has 2 heterocycles. The predicted molar refractivity (Wildman–Crippen MR) is 75.1 cm³/mol. The van der Waals surface area contributed by atoms with Gasteiger partial charge in [-0.2, -0.15) is 0 Å². The summed E-state index contributed by atoms with van der Waals surface area (Å²) in [5.74, 6) is 0. The average molecular weight is 280 g/mol. The van der Waals surface area contributed by atoms with Gasteiger partial charge in [0.15, 0.2) is 0 Å². The molecule has 0 spiro atoms. The van der Waals surface area contributed by atoms with Gasteiger partial charge in [-0.15, -0.1) is 5.10 Å². The predicted octanol–water partition coefficient (Wildman–Crippen LogP) is 2.44. The molecule has 0 aromatic carbocycles. The highest BCUT2D eigenvalue weighted by Gasteiger charge is 2.20. The van der Waals surface area contributed by atoms with E-state index in [9.17, 15) is 0 Å². The third-order valence-electron chi connectivity index (χ3n) is 2.90. The van der Waals surface area contributed by atoms with E-state index >= 15 is 0 Å². The van der Waals surface area contributed by atoms with Crippen molar-refractivity contribution in [1.82, 2.24) is 25.3 Å². The van der Waals surface area contributed by atoms with Gasteiger partial charge in [-0.05, 0) is 24.6 Å². The molecule has 0 amide bonds. The Hall–Kier alpha value is -1.46. The molecule has 2 rings (SSSR count). The van der Waals surface area contributed by atoms with Gasteiger partial charge in [-0.25, -0.2) is 4.68 Å². The van der Waals surface area contributed by atoms with E-state index in [0.717, 1.165) is 30.8 Å². The minimum absolute atomic E-state index is 0.0120. The van der Waals surface area contributed by atoms with Crippen molar-refractivity contribution in [2.75, 3.05) is 6.54 Å². The van der Waals surface area contributed by atoms with Crippen molar-refractivity contribution in [3.05, 3.63) is 40.9 Å². The first-order valence-electron chi connectivity index (χ1n) is 6.49. The zero-order valence-electron chi connectivity index (χ0n) is 11.2. The van der Waals surface area contributed by atoms with Crippen LogP contribution in [0.15, 0.2) is 24.7 Å². The van der Waals surface area contributed by atoms with Gasteiger partial charge >= 0.3 is 0 Å². The Morgan fingerprint density at radius 3 is 2.89 bits per heavy atom. The van der Waals surface area contributed by atoms with Crippen molar-refractivity contribution in [1.29, 1.82) is 0 Å². The second kappa shape index (κ2) is 6.63. The number of pyridine rings is 1. The lowest BCUT2D eigenvalue weighted by molar-refractivity contribution is 0.511. The molecule has 102 valence electrons. The van der Waals surface area contributed by atoms with Crippen LogP contribution in [0.5, 0.6) is 0 Å². The first kappa shape index (κ1) is 14.0. The minimum atomic E-state index is -0.0120.